The van der Waals surface area contributed by atoms with E-state index in [9.17, 15) is 0 Å². The standard InChI is InChI=1S/C11H20N2O/c1-6-12-11(14-9-1)4-7-13(8-5-11)10-2-3-10/h10,12H,1-9H2. The van der Waals surface area contributed by atoms with Crippen molar-refractivity contribution < 1.29 is 4.74 Å². The number of hydrogen-bond donors (Lipinski definition) is 1. The second kappa shape index (κ2) is 3.47. The molecule has 2 saturated heterocycles. The lowest BCUT2D eigenvalue weighted by Gasteiger charge is -2.44. The van der Waals surface area contributed by atoms with Gasteiger partial charge in [0.1, 0.15) is 5.72 Å². The Morgan fingerprint density at radius 3 is 2.57 bits per heavy atom. The minimum Gasteiger partial charge on any atom is -0.360 e. The summed E-state index contributed by atoms with van der Waals surface area (Å²) < 4.78 is 5.92. The van der Waals surface area contributed by atoms with Crippen LogP contribution in [-0.4, -0.2) is 42.9 Å². The van der Waals surface area contributed by atoms with Crippen molar-refractivity contribution in [1.82, 2.24) is 10.2 Å². The second-order valence-corrected chi connectivity index (χ2v) is 4.89. The third-order valence-corrected chi connectivity index (χ3v) is 3.82. The summed E-state index contributed by atoms with van der Waals surface area (Å²) in [7, 11) is 0. The highest BCUT2D eigenvalue weighted by Crippen LogP contribution is 2.33. The molecule has 3 heteroatoms. The minimum atomic E-state index is 0.0592. The molecule has 14 heavy (non-hydrogen) atoms. The Labute approximate surface area is 85.8 Å². The van der Waals surface area contributed by atoms with E-state index < -0.39 is 0 Å². The molecule has 1 N–H and O–H groups in total. The summed E-state index contributed by atoms with van der Waals surface area (Å²) in [5, 5.41) is 3.57. The molecule has 0 aromatic heterocycles. The van der Waals surface area contributed by atoms with Crippen LogP contribution in [0.25, 0.3) is 0 Å². The smallest absolute Gasteiger partial charge is 0.121 e. The lowest BCUT2D eigenvalue weighted by Crippen LogP contribution is -2.58. The summed E-state index contributed by atoms with van der Waals surface area (Å²) in [5.41, 5.74) is 0.0592. The number of rotatable bonds is 1. The van der Waals surface area contributed by atoms with Gasteiger partial charge in [-0.25, -0.2) is 0 Å². The van der Waals surface area contributed by atoms with Crippen LogP contribution in [0.3, 0.4) is 0 Å². The van der Waals surface area contributed by atoms with E-state index in [4.69, 9.17) is 4.74 Å². The Kier molecular flexibility index (Phi) is 2.26. The molecule has 1 aliphatic carbocycles. The van der Waals surface area contributed by atoms with E-state index in [0.29, 0.717) is 0 Å². The topological polar surface area (TPSA) is 24.5 Å². The molecule has 1 saturated carbocycles. The van der Waals surface area contributed by atoms with E-state index in [-0.39, 0.29) is 5.72 Å². The molecule has 0 atom stereocenters. The third-order valence-electron chi connectivity index (χ3n) is 3.82. The first-order valence-electron chi connectivity index (χ1n) is 6.01. The SMILES string of the molecule is C1CNC2(CCN(C3CC3)CC2)OC1. The van der Waals surface area contributed by atoms with E-state index in [1.165, 1.54) is 45.2 Å². The Balaban J connectivity index is 1.57. The molecule has 3 fully saturated rings. The molecule has 0 amide bonds. The molecule has 0 aromatic rings. The van der Waals surface area contributed by atoms with Crippen LogP contribution in [0.1, 0.15) is 32.1 Å². The summed E-state index contributed by atoms with van der Waals surface area (Å²) in [6.07, 6.45) is 6.41. The number of hydrogen-bond acceptors (Lipinski definition) is 3. The molecule has 2 heterocycles. The fraction of sp³-hybridized carbons (Fsp3) is 1.00. The zero-order valence-electron chi connectivity index (χ0n) is 8.80. The lowest BCUT2D eigenvalue weighted by atomic mass is 9.98. The van der Waals surface area contributed by atoms with Gasteiger partial charge in [-0.1, -0.05) is 0 Å². The first kappa shape index (κ1) is 9.13. The van der Waals surface area contributed by atoms with Crippen LogP contribution >= 0.6 is 0 Å². The van der Waals surface area contributed by atoms with Crippen LogP contribution in [0.4, 0.5) is 0 Å². The predicted octanol–water partition coefficient (Wildman–Crippen LogP) is 0.951. The zero-order chi connectivity index (χ0) is 9.43. The van der Waals surface area contributed by atoms with Crippen LogP contribution in [0.5, 0.6) is 0 Å². The van der Waals surface area contributed by atoms with Crippen molar-refractivity contribution in [3.8, 4) is 0 Å². The summed E-state index contributed by atoms with van der Waals surface area (Å²) in [6.45, 7) is 4.56. The van der Waals surface area contributed by atoms with E-state index >= 15 is 0 Å². The highest BCUT2D eigenvalue weighted by molar-refractivity contribution is 4.93. The number of nitrogens with one attached hydrogen (secondary N) is 1. The van der Waals surface area contributed by atoms with Gasteiger partial charge >= 0.3 is 0 Å². The van der Waals surface area contributed by atoms with Crippen molar-refractivity contribution in [3.63, 3.8) is 0 Å². The molecule has 2 aliphatic heterocycles. The monoisotopic (exact) mass is 196 g/mol. The molecule has 3 nitrogen and oxygen atoms in total. The maximum absolute atomic E-state index is 5.92. The van der Waals surface area contributed by atoms with Crippen molar-refractivity contribution in [2.24, 2.45) is 0 Å². The Hall–Kier alpha value is -0.120. The van der Waals surface area contributed by atoms with Gasteiger partial charge in [0.15, 0.2) is 0 Å². The van der Waals surface area contributed by atoms with Crippen molar-refractivity contribution in [1.29, 1.82) is 0 Å². The van der Waals surface area contributed by atoms with Crippen LogP contribution in [0.15, 0.2) is 0 Å². The summed E-state index contributed by atoms with van der Waals surface area (Å²) >= 11 is 0. The predicted molar refractivity (Wildman–Crippen MR) is 55.1 cm³/mol. The van der Waals surface area contributed by atoms with E-state index in [0.717, 1.165) is 19.2 Å². The molecular weight excluding hydrogens is 176 g/mol. The van der Waals surface area contributed by atoms with Gasteiger partial charge in [-0.2, -0.15) is 0 Å². The summed E-state index contributed by atoms with van der Waals surface area (Å²) in [6, 6.07) is 0.927. The first-order chi connectivity index (χ1) is 6.88. The molecule has 0 bridgehead atoms. The molecule has 1 spiro atoms. The van der Waals surface area contributed by atoms with Crippen LogP contribution < -0.4 is 5.32 Å². The largest absolute Gasteiger partial charge is 0.360 e. The van der Waals surface area contributed by atoms with Crippen molar-refractivity contribution >= 4 is 0 Å². The molecular formula is C11H20N2O. The van der Waals surface area contributed by atoms with E-state index in [1.54, 1.807) is 0 Å². The van der Waals surface area contributed by atoms with Gasteiger partial charge in [-0.3, -0.25) is 5.32 Å². The van der Waals surface area contributed by atoms with Gasteiger partial charge in [0.05, 0.1) is 6.61 Å². The highest BCUT2D eigenvalue weighted by Gasteiger charge is 2.40. The average Bonchev–Trinajstić information content (AvgIpc) is 3.04. The average molecular weight is 196 g/mol. The van der Waals surface area contributed by atoms with Gasteiger partial charge in [-0.05, 0) is 25.8 Å². The molecule has 0 radical (unpaired) electrons. The third kappa shape index (κ3) is 1.69. The molecule has 3 aliphatic rings. The van der Waals surface area contributed by atoms with E-state index in [1.807, 2.05) is 0 Å². The van der Waals surface area contributed by atoms with Crippen LogP contribution in [0.2, 0.25) is 0 Å². The van der Waals surface area contributed by atoms with Gasteiger partial charge < -0.3 is 9.64 Å². The summed E-state index contributed by atoms with van der Waals surface area (Å²) in [5.74, 6) is 0. The van der Waals surface area contributed by atoms with Gasteiger partial charge in [0, 0.05) is 32.0 Å². The quantitative estimate of drug-likeness (QED) is 0.676. The number of piperidine rings is 1. The summed E-state index contributed by atoms with van der Waals surface area (Å²) in [4.78, 5) is 2.64. The lowest BCUT2D eigenvalue weighted by molar-refractivity contribution is -0.127. The number of nitrogens with zero attached hydrogens (tertiary/aromatic N) is 1. The van der Waals surface area contributed by atoms with Crippen molar-refractivity contribution in [2.75, 3.05) is 26.2 Å². The Morgan fingerprint density at radius 1 is 1.21 bits per heavy atom. The van der Waals surface area contributed by atoms with E-state index in [2.05, 4.69) is 10.2 Å². The Morgan fingerprint density at radius 2 is 2.00 bits per heavy atom. The zero-order valence-corrected chi connectivity index (χ0v) is 8.80. The fourth-order valence-corrected chi connectivity index (χ4v) is 2.72. The van der Waals surface area contributed by atoms with Gasteiger partial charge in [0.25, 0.3) is 0 Å². The Bertz CT molecular complexity index is 199. The van der Waals surface area contributed by atoms with Crippen LogP contribution in [0, 0.1) is 0 Å². The number of ether oxygens (including phenoxy) is 1. The maximum atomic E-state index is 5.92. The first-order valence-corrected chi connectivity index (χ1v) is 6.01. The molecule has 0 unspecified atom stereocenters. The molecule has 0 aromatic carbocycles. The number of likely N-dealkylation sites (tertiary alicyclic amines) is 1. The molecule has 3 rings (SSSR count). The molecule has 80 valence electrons. The second-order valence-electron chi connectivity index (χ2n) is 4.89. The van der Waals surface area contributed by atoms with Gasteiger partial charge in [0.2, 0.25) is 0 Å². The highest BCUT2D eigenvalue weighted by atomic mass is 16.5. The van der Waals surface area contributed by atoms with Crippen LogP contribution in [-0.2, 0) is 4.74 Å². The minimum absolute atomic E-state index is 0.0592. The van der Waals surface area contributed by atoms with Gasteiger partial charge in [-0.15, -0.1) is 0 Å². The fourth-order valence-electron chi connectivity index (χ4n) is 2.72. The van der Waals surface area contributed by atoms with Crippen molar-refractivity contribution in [3.05, 3.63) is 0 Å². The normalized spacial score (nSPS) is 33.4. The van der Waals surface area contributed by atoms with Crippen molar-refractivity contribution in [2.45, 2.75) is 43.9 Å². The maximum Gasteiger partial charge on any atom is 0.121 e.